The summed E-state index contributed by atoms with van der Waals surface area (Å²) in [6, 6.07) is 16.4. The average molecular weight is 263 g/mol. The summed E-state index contributed by atoms with van der Waals surface area (Å²) in [5, 5.41) is 3.53. The number of fused-ring (bicyclic) bond motifs is 1. The van der Waals surface area contributed by atoms with Crippen LogP contribution in [0.5, 0.6) is 0 Å². The van der Waals surface area contributed by atoms with Gasteiger partial charge in [0.05, 0.1) is 0 Å². The standard InChI is InChI=1S/C18H17NO/c20-13-16-7-2-1-5-14(16)9-11-17-12-10-15-6-3-4-8-18(15)19-17/h1-9,11,13,17,19H,10,12H2/b11-9+. The van der Waals surface area contributed by atoms with Crippen molar-refractivity contribution in [3.8, 4) is 0 Å². The number of aryl methyl sites for hydroxylation is 1. The SMILES string of the molecule is O=Cc1ccccc1/C=C/C1CCc2ccccc2N1. The molecule has 0 spiro atoms. The second-order valence-corrected chi connectivity index (χ2v) is 5.05. The highest BCUT2D eigenvalue weighted by Gasteiger charge is 2.14. The van der Waals surface area contributed by atoms with Crippen LogP contribution in [-0.2, 0) is 6.42 Å². The molecule has 0 bridgehead atoms. The number of nitrogens with one attached hydrogen (secondary N) is 1. The molecule has 0 saturated heterocycles. The van der Waals surface area contributed by atoms with Crippen molar-refractivity contribution in [2.24, 2.45) is 0 Å². The number of aldehydes is 1. The molecular formula is C18H17NO. The van der Waals surface area contributed by atoms with Crippen molar-refractivity contribution in [3.63, 3.8) is 0 Å². The Balaban J connectivity index is 1.76. The summed E-state index contributed by atoms with van der Waals surface area (Å²) >= 11 is 0. The third-order valence-electron chi connectivity index (χ3n) is 3.71. The fourth-order valence-corrected chi connectivity index (χ4v) is 2.60. The molecule has 1 unspecified atom stereocenters. The molecule has 0 amide bonds. The minimum atomic E-state index is 0.324. The van der Waals surface area contributed by atoms with Gasteiger partial charge in [-0.2, -0.15) is 0 Å². The van der Waals surface area contributed by atoms with Gasteiger partial charge in [-0.25, -0.2) is 0 Å². The third kappa shape index (κ3) is 2.64. The van der Waals surface area contributed by atoms with Gasteiger partial charge in [0.15, 0.2) is 6.29 Å². The largest absolute Gasteiger partial charge is 0.379 e. The maximum atomic E-state index is 11.0. The van der Waals surface area contributed by atoms with Gasteiger partial charge in [0.2, 0.25) is 0 Å². The Morgan fingerprint density at radius 2 is 1.75 bits per heavy atom. The fourth-order valence-electron chi connectivity index (χ4n) is 2.60. The summed E-state index contributed by atoms with van der Waals surface area (Å²) in [5.74, 6) is 0. The van der Waals surface area contributed by atoms with Crippen LogP contribution in [0.1, 0.15) is 27.9 Å². The van der Waals surface area contributed by atoms with E-state index >= 15 is 0 Å². The Morgan fingerprint density at radius 3 is 2.60 bits per heavy atom. The molecule has 0 saturated carbocycles. The highest BCUT2D eigenvalue weighted by atomic mass is 16.1. The molecule has 20 heavy (non-hydrogen) atoms. The van der Waals surface area contributed by atoms with E-state index in [0.717, 1.165) is 30.3 Å². The van der Waals surface area contributed by atoms with Crippen molar-refractivity contribution in [1.29, 1.82) is 0 Å². The number of carbonyl (C=O) groups is 1. The minimum absolute atomic E-state index is 0.324. The fraction of sp³-hybridized carbons (Fsp3) is 0.167. The number of hydrogen-bond acceptors (Lipinski definition) is 2. The van der Waals surface area contributed by atoms with Gasteiger partial charge in [0.25, 0.3) is 0 Å². The number of para-hydroxylation sites is 1. The normalized spacial score (nSPS) is 17.5. The number of anilines is 1. The Bertz CT molecular complexity index is 645. The molecule has 100 valence electrons. The molecule has 0 aromatic heterocycles. The average Bonchev–Trinajstić information content (AvgIpc) is 2.53. The van der Waals surface area contributed by atoms with E-state index in [9.17, 15) is 4.79 Å². The number of hydrogen-bond donors (Lipinski definition) is 1. The summed E-state index contributed by atoms with van der Waals surface area (Å²) in [4.78, 5) is 11.0. The quantitative estimate of drug-likeness (QED) is 0.850. The van der Waals surface area contributed by atoms with Gasteiger partial charge in [0, 0.05) is 17.3 Å². The molecule has 1 aliphatic rings. The number of carbonyl (C=O) groups excluding carboxylic acids is 1. The minimum Gasteiger partial charge on any atom is -0.379 e. The van der Waals surface area contributed by atoms with Crippen LogP contribution in [0.4, 0.5) is 5.69 Å². The summed E-state index contributed by atoms with van der Waals surface area (Å²) in [7, 11) is 0. The van der Waals surface area contributed by atoms with E-state index < -0.39 is 0 Å². The molecule has 2 nitrogen and oxygen atoms in total. The molecule has 0 aliphatic carbocycles. The first-order chi connectivity index (χ1) is 9.86. The van der Waals surface area contributed by atoms with E-state index in [-0.39, 0.29) is 0 Å². The molecule has 1 heterocycles. The van der Waals surface area contributed by atoms with Gasteiger partial charge in [0.1, 0.15) is 0 Å². The van der Waals surface area contributed by atoms with E-state index in [4.69, 9.17) is 0 Å². The lowest BCUT2D eigenvalue weighted by atomic mass is 9.97. The third-order valence-corrected chi connectivity index (χ3v) is 3.71. The predicted octanol–water partition coefficient (Wildman–Crippen LogP) is 3.94. The predicted molar refractivity (Wildman–Crippen MR) is 83.0 cm³/mol. The smallest absolute Gasteiger partial charge is 0.150 e. The summed E-state index contributed by atoms with van der Waals surface area (Å²) in [6.45, 7) is 0. The second kappa shape index (κ2) is 5.74. The van der Waals surface area contributed by atoms with E-state index in [1.165, 1.54) is 11.3 Å². The molecule has 2 heteroatoms. The van der Waals surface area contributed by atoms with Gasteiger partial charge in [-0.1, -0.05) is 54.6 Å². The van der Waals surface area contributed by atoms with Crippen LogP contribution in [-0.4, -0.2) is 12.3 Å². The molecule has 1 atom stereocenters. The van der Waals surface area contributed by atoms with Crippen molar-refractivity contribution in [1.82, 2.24) is 0 Å². The summed E-state index contributed by atoms with van der Waals surface area (Å²) in [6.07, 6.45) is 7.27. The van der Waals surface area contributed by atoms with Crippen LogP contribution in [0.25, 0.3) is 6.08 Å². The molecular weight excluding hydrogens is 246 g/mol. The van der Waals surface area contributed by atoms with Crippen LogP contribution in [0.2, 0.25) is 0 Å². The van der Waals surface area contributed by atoms with E-state index in [0.29, 0.717) is 6.04 Å². The van der Waals surface area contributed by atoms with E-state index in [1.54, 1.807) is 0 Å². The van der Waals surface area contributed by atoms with Crippen molar-refractivity contribution in [2.75, 3.05) is 5.32 Å². The lowest BCUT2D eigenvalue weighted by Crippen LogP contribution is -2.23. The Morgan fingerprint density at radius 1 is 1.00 bits per heavy atom. The van der Waals surface area contributed by atoms with Gasteiger partial charge in [-0.15, -0.1) is 0 Å². The van der Waals surface area contributed by atoms with Crippen LogP contribution in [0.3, 0.4) is 0 Å². The first-order valence-corrected chi connectivity index (χ1v) is 6.93. The first kappa shape index (κ1) is 12.7. The van der Waals surface area contributed by atoms with Crippen molar-refractivity contribution in [3.05, 3.63) is 71.3 Å². The zero-order chi connectivity index (χ0) is 13.8. The highest BCUT2D eigenvalue weighted by molar-refractivity contribution is 5.81. The Hall–Kier alpha value is -2.35. The van der Waals surface area contributed by atoms with Crippen LogP contribution >= 0.6 is 0 Å². The summed E-state index contributed by atoms with van der Waals surface area (Å²) in [5.41, 5.74) is 4.31. The van der Waals surface area contributed by atoms with Crippen LogP contribution in [0.15, 0.2) is 54.6 Å². The van der Waals surface area contributed by atoms with Crippen molar-refractivity contribution in [2.45, 2.75) is 18.9 Å². The van der Waals surface area contributed by atoms with E-state index in [1.807, 2.05) is 30.3 Å². The first-order valence-electron chi connectivity index (χ1n) is 6.93. The van der Waals surface area contributed by atoms with Gasteiger partial charge >= 0.3 is 0 Å². The van der Waals surface area contributed by atoms with Crippen LogP contribution in [0, 0.1) is 0 Å². The lowest BCUT2D eigenvalue weighted by molar-refractivity contribution is 0.112. The monoisotopic (exact) mass is 263 g/mol. The number of rotatable bonds is 3. The molecule has 2 aromatic carbocycles. The lowest BCUT2D eigenvalue weighted by Gasteiger charge is -2.24. The van der Waals surface area contributed by atoms with E-state index in [2.05, 4.69) is 35.7 Å². The molecule has 1 N–H and O–H groups in total. The molecule has 3 rings (SSSR count). The zero-order valence-electron chi connectivity index (χ0n) is 11.3. The molecule has 2 aromatic rings. The van der Waals surface area contributed by atoms with Crippen LogP contribution < -0.4 is 5.32 Å². The maximum absolute atomic E-state index is 11.0. The van der Waals surface area contributed by atoms with Gasteiger partial charge in [-0.3, -0.25) is 4.79 Å². The zero-order valence-corrected chi connectivity index (χ0v) is 11.3. The number of benzene rings is 2. The van der Waals surface area contributed by atoms with Gasteiger partial charge in [-0.05, 0) is 30.0 Å². The maximum Gasteiger partial charge on any atom is 0.150 e. The van der Waals surface area contributed by atoms with Crippen molar-refractivity contribution >= 4 is 18.0 Å². The Labute approximate surface area is 119 Å². The summed E-state index contributed by atoms with van der Waals surface area (Å²) < 4.78 is 0. The topological polar surface area (TPSA) is 29.1 Å². The highest BCUT2D eigenvalue weighted by Crippen LogP contribution is 2.25. The second-order valence-electron chi connectivity index (χ2n) is 5.05. The molecule has 1 aliphatic heterocycles. The Kier molecular flexibility index (Phi) is 3.64. The van der Waals surface area contributed by atoms with Gasteiger partial charge < -0.3 is 5.32 Å². The molecule has 0 radical (unpaired) electrons. The molecule has 0 fully saturated rings. The van der Waals surface area contributed by atoms with Crippen molar-refractivity contribution < 1.29 is 4.79 Å².